The van der Waals surface area contributed by atoms with Crippen LogP contribution < -0.4 is 10.6 Å². The van der Waals surface area contributed by atoms with Crippen molar-refractivity contribution >= 4 is 0 Å². The van der Waals surface area contributed by atoms with E-state index in [9.17, 15) is 5.11 Å². The van der Waals surface area contributed by atoms with Crippen LogP contribution in [0.5, 0.6) is 0 Å². The fourth-order valence-corrected chi connectivity index (χ4v) is 8.85. The molecule has 0 radical (unpaired) electrons. The Morgan fingerprint density at radius 3 is 2.88 bits per heavy atom. The van der Waals surface area contributed by atoms with Gasteiger partial charge in [-0.2, -0.15) is 0 Å². The second-order valence-corrected chi connectivity index (χ2v) is 10.3. The van der Waals surface area contributed by atoms with Crippen LogP contribution in [0.3, 0.4) is 0 Å². The third-order valence-electron chi connectivity index (χ3n) is 9.66. The van der Waals surface area contributed by atoms with Crippen molar-refractivity contribution < 1.29 is 5.11 Å². The molecule has 2 saturated heterocycles. The molecule has 3 nitrogen and oxygen atoms in total. The Bertz CT molecular complexity index is 783. The van der Waals surface area contributed by atoms with Crippen LogP contribution in [0.4, 0.5) is 0 Å². The quantitative estimate of drug-likeness (QED) is 0.680. The molecule has 4 fully saturated rings. The summed E-state index contributed by atoms with van der Waals surface area (Å²) in [6.07, 6.45) is 11.1. The van der Waals surface area contributed by atoms with Crippen molar-refractivity contribution in [1.29, 1.82) is 0 Å². The van der Waals surface area contributed by atoms with E-state index in [4.69, 9.17) is 0 Å². The zero-order chi connectivity index (χ0) is 17.3. The third-order valence-corrected chi connectivity index (χ3v) is 9.66. The largest absolute Gasteiger partial charge is 0.389 e. The van der Waals surface area contributed by atoms with Gasteiger partial charge in [0.1, 0.15) is 0 Å². The number of rotatable bonds is 1. The average Bonchev–Trinajstić information content (AvgIpc) is 3.40. The number of hydrogen-bond donors (Lipinski definition) is 3. The summed E-state index contributed by atoms with van der Waals surface area (Å²) in [6, 6.07) is 1.05. The number of allylic oxidation sites excluding steroid dienone is 3. The highest BCUT2D eigenvalue weighted by atomic mass is 16.3. The lowest BCUT2D eigenvalue weighted by Gasteiger charge is -2.64. The number of aliphatic hydroxyl groups is 1. The highest BCUT2D eigenvalue weighted by Gasteiger charge is 3.01. The standard InChI is InChI=1S/C23H32N2O/c1-2-14-15-11-16-23(20-19-17(14)18(15)22(19,20)23)21(26)8-10-24-13(12-21)7-5-3-4-6-9-25-16/h13-16,24-26H,2-12H2,1H3. The third kappa shape index (κ3) is 1.28. The second-order valence-electron chi connectivity index (χ2n) is 10.3. The molecule has 140 valence electrons. The van der Waals surface area contributed by atoms with Gasteiger partial charge in [-0.15, -0.1) is 0 Å². The number of nitrogens with one attached hydrogen (secondary N) is 2. The minimum atomic E-state index is -0.473. The fraction of sp³-hybridized carbons (Fsp3) is 0.826. The monoisotopic (exact) mass is 352 g/mol. The zero-order valence-corrected chi connectivity index (χ0v) is 16.0. The van der Waals surface area contributed by atoms with Crippen molar-refractivity contribution in [2.45, 2.75) is 82.4 Å². The molecular weight excluding hydrogens is 320 g/mol. The van der Waals surface area contributed by atoms with Crippen LogP contribution in [0.1, 0.15) is 64.7 Å². The molecule has 7 unspecified atom stereocenters. The van der Waals surface area contributed by atoms with Gasteiger partial charge in [0.25, 0.3) is 0 Å². The Morgan fingerprint density at radius 2 is 2.00 bits per heavy atom. The maximum absolute atomic E-state index is 12.1. The van der Waals surface area contributed by atoms with Crippen molar-refractivity contribution in [3.05, 3.63) is 22.3 Å². The molecule has 7 aliphatic rings. The van der Waals surface area contributed by atoms with E-state index in [0.717, 1.165) is 37.8 Å². The van der Waals surface area contributed by atoms with E-state index in [1.54, 1.807) is 16.7 Å². The number of fused-ring (bicyclic) bond motifs is 3. The minimum absolute atomic E-state index is 0.100. The maximum Gasteiger partial charge on any atom is 0.0798 e. The van der Waals surface area contributed by atoms with Gasteiger partial charge in [0.15, 0.2) is 0 Å². The molecule has 26 heavy (non-hydrogen) atoms. The second kappa shape index (κ2) is 4.50. The van der Waals surface area contributed by atoms with E-state index in [-0.39, 0.29) is 5.41 Å². The molecule has 2 spiro atoms. The summed E-state index contributed by atoms with van der Waals surface area (Å²) in [5, 5.41) is 19.8. The van der Waals surface area contributed by atoms with Crippen LogP contribution in [0.15, 0.2) is 22.3 Å². The van der Waals surface area contributed by atoms with E-state index in [1.165, 1.54) is 44.9 Å². The maximum atomic E-state index is 12.1. The lowest BCUT2D eigenvalue weighted by atomic mass is 9.42. The van der Waals surface area contributed by atoms with Gasteiger partial charge in [-0.3, -0.25) is 0 Å². The summed E-state index contributed by atoms with van der Waals surface area (Å²) in [4.78, 5) is 0. The predicted molar refractivity (Wildman–Crippen MR) is 102 cm³/mol. The molecule has 7 rings (SSSR count). The summed E-state index contributed by atoms with van der Waals surface area (Å²) in [7, 11) is 0. The molecule has 0 aromatic carbocycles. The Balaban J connectivity index is 1.31. The van der Waals surface area contributed by atoms with Gasteiger partial charge in [0, 0.05) is 12.1 Å². The van der Waals surface area contributed by atoms with Gasteiger partial charge < -0.3 is 15.7 Å². The van der Waals surface area contributed by atoms with Crippen molar-refractivity contribution in [2.75, 3.05) is 13.1 Å². The van der Waals surface area contributed by atoms with E-state index >= 15 is 0 Å². The first-order valence-corrected chi connectivity index (χ1v) is 11.4. The van der Waals surface area contributed by atoms with Gasteiger partial charge in [0.2, 0.25) is 0 Å². The van der Waals surface area contributed by atoms with Crippen molar-refractivity contribution in [3.63, 3.8) is 0 Å². The predicted octanol–water partition coefficient (Wildman–Crippen LogP) is 3.06. The van der Waals surface area contributed by atoms with Gasteiger partial charge >= 0.3 is 0 Å². The molecule has 3 N–H and O–H groups in total. The van der Waals surface area contributed by atoms with Crippen LogP contribution in [0.2, 0.25) is 0 Å². The molecule has 2 aliphatic heterocycles. The first-order valence-electron chi connectivity index (χ1n) is 11.4. The lowest BCUT2D eigenvalue weighted by Crippen LogP contribution is -2.67. The Hall–Kier alpha value is -0.640. The molecule has 2 heterocycles. The smallest absolute Gasteiger partial charge is 0.0798 e. The Morgan fingerprint density at radius 1 is 1.12 bits per heavy atom. The zero-order valence-electron chi connectivity index (χ0n) is 16.0. The van der Waals surface area contributed by atoms with Crippen molar-refractivity contribution in [2.24, 2.45) is 22.7 Å². The SMILES string of the molecule is CCC1C2=C3C1CC1NCCCCCCC4CC(O)(CCN4)C14C1=C2C314. The molecule has 2 bridgehead atoms. The van der Waals surface area contributed by atoms with Gasteiger partial charge in [-0.05, 0) is 85.7 Å². The minimum Gasteiger partial charge on any atom is -0.389 e. The highest BCUT2D eigenvalue weighted by Crippen LogP contribution is 3.05. The summed E-state index contributed by atoms with van der Waals surface area (Å²) in [5.74, 6) is 1.68. The summed E-state index contributed by atoms with van der Waals surface area (Å²) in [6.45, 7) is 4.53. The fourth-order valence-electron chi connectivity index (χ4n) is 8.85. The van der Waals surface area contributed by atoms with Crippen LogP contribution in [-0.2, 0) is 0 Å². The normalized spacial score (nSPS) is 56.1. The molecule has 5 aliphatic carbocycles. The van der Waals surface area contributed by atoms with E-state index in [0.29, 0.717) is 17.5 Å². The lowest BCUT2D eigenvalue weighted by molar-refractivity contribution is -0.112. The first-order chi connectivity index (χ1) is 12.7. The van der Waals surface area contributed by atoms with Crippen LogP contribution in [0.25, 0.3) is 0 Å². The molecule has 0 aromatic heterocycles. The Labute approximate surface area is 156 Å². The topological polar surface area (TPSA) is 44.3 Å². The van der Waals surface area contributed by atoms with Crippen molar-refractivity contribution in [1.82, 2.24) is 10.6 Å². The van der Waals surface area contributed by atoms with Crippen LogP contribution in [-0.4, -0.2) is 35.9 Å². The molecule has 3 heteroatoms. The molecule has 2 saturated carbocycles. The average molecular weight is 353 g/mol. The molecular formula is C23H32N2O. The highest BCUT2D eigenvalue weighted by molar-refractivity contribution is 5.98. The first kappa shape index (κ1) is 15.3. The molecule has 7 atom stereocenters. The van der Waals surface area contributed by atoms with Crippen LogP contribution in [0, 0.1) is 22.7 Å². The van der Waals surface area contributed by atoms with E-state index < -0.39 is 5.60 Å². The van der Waals surface area contributed by atoms with Crippen molar-refractivity contribution in [3.8, 4) is 0 Å². The number of hydrogen-bond acceptors (Lipinski definition) is 3. The molecule has 0 aromatic rings. The van der Waals surface area contributed by atoms with Gasteiger partial charge in [-0.25, -0.2) is 0 Å². The van der Waals surface area contributed by atoms with E-state index in [2.05, 4.69) is 17.6 Å². The Kier molecular flexibility index (Phi) is 2.65. The summed E-state index contributed by atoms with van der Waals surface area (Å²) >= 11 is 0. The van der Waals surface area contributed by atoms with E-state index in [1.807, 2.05) is 5.57 Å². The van der Waals surface area contributed by atoms with Gasteiger partial charge in [0.05, 0.1) is 16.4 Å². The molecule has 0 amide bonds. The number of piperidine rings is 1. The van der Waals surface area contributed by atoms with Crippen LogP contribution >= 0.6 is 0 Å². The summed E-state index contributed by atoms with van der Waals surface area (Å²) < 4.78 is 0. The van der Waals surface area contributed by atoms with Gasteiger partial charge in [-0.1, -0.05) is 26.2 Å². The summed E-state index contributed by atoms with van der Waals surface area (Å²) in [5.41, 5.74) is 7.03.